The lowest BCUT2D eigenvalue weighted by atomic mass is 10.1. The Labute approximate surface area is 80.0 Å². The molecule has 0 aliphatic carbocycles. The van der Waals surface area contributed by atoms with E-state index in [4.69, 9.17) is 9.05 Å². The summed E-state index contributed by atoms with van der Waals surface area (Å²) in [4.78, 5) is 0. The van der Waals surface area contributed by atoms with Crippen LogP contribution in [0, 0.1) is 0 Å². The van der Waals surface area contributed by atoms with Crippen molar-refractivity contribution in [2.24, 2.45) is 0 Å². The molecule has 5 heteroatoms. The predicted molar refractivity (Wildman–Crippen MR) is 53.3 cm³/mol. The Bertz CT molecular complexity index is 206. The summed E-state index contributed by atoms with van der Waals surface area (Å²) < 4.78 is 11.4. The van der Waals surface area contributed by atoms with Crippen LogP contribution in [0.15, 0.2) is 0 Å². The topological polar surface area (TPSA) is 42.5 Å². The molecule has 2 aliphatic rings. The molecule has 2 heterocycles. The molecule has 0 aromatic heterocycles. The van der Waals surface area contributed by atoms with Gasteiger partial charge in [0.15, 0.2) is 0 Å². The summed E-state index contributed by atoms with van der Waals surface area (Å²) in [5, 5.41) is 6.83. The van der Waals surface area contributed by atoms with Gasteiger partial charge in [-0.15, -0.1) is 10.2 Å². The molecule has 2 aliphatic heterocycles. The van der Waals surface area contributed by atoms with E-state index in [-0.39, 0.29) is 11.1 Å². The van der Waals surface area contributed by atoms with Crippen molar-refractivity contribution >= 4 is 8.02 Å². The lowest BCUT2D eigenvalue weighted by molar-refractivity contribution is 0.251. The molecule has 2 rings (SSSR count). The van der Waals surface area contributed by atoms with Crippen LogP contribution in [0.25, 0.3) is 0 Å². The minimum Gasteiger partial charge on any atom is -0.170 e. The molecule has 0 bridgehead atoms. The molecule has 0 atom stereocenters. The summed E-state index contributed by atoms with van der Waals surface area (Å²) >= 11 is 0. The first-order valence-electron chi connectivity index (χ1n) is 4.60. The van der Waals surface area contributed by atoms with Crippen LogP contribution in [-0.4, -0.2) is 24.3 Å². The van der Waals surface area contributed by atoms with E-state index in [1.807, 2.05) is 0 Å². The highest BCUT2D eigenvalue weighted by molar-refractivity contribution is 7.63. The van der Waals surface area contributed by atoms with Gasteiger partial charge in [-0.1, -0.05) is 0 Å². The second kappa shape index (κ2) is 2.65. The van der Waals surface area contributed by atoms with Gasteiger partial charge >= 0.3 is 8.02 Å². The summed E-state index contributed by atoms with van der Waals surface area (Å²) in [6.45, 7) is 9.92. The van der Waals surface area contributed by atoms with E-state index in [1.165, 1.54) is 0 Å². The minimum atomic E-state index is -1.94. The maximum absolute atomic E-state index is 5.72. The van der Waals surface area contributed by atoms with Crippen LogP contribution in [-0.2, 0) is 9.05 Å². The highest BCUT2D eigenvalue weighted by Crippen LogP contribution is 2.63. The van der Waals surface area contributed by atoms with E-state index in [0.717, 1.165) is 0 Å². The van der Waals surface area contributed by atoms with Crippen molar-refractivity contribution in [3.05, 3.63) is 0 Å². The monoisotopic (exact) mass is 205 g/mol. The van der Waals surface area contributed by atoms with Gasteiger partial charge in [-0.25, -0.2) is 0 Å². The smallest absolute Gasteiger partial charge is 0.170 e. The zero-order valence-electron chi connectivity index (χ0n) is 8.68. The minimum absolute atomic E-state index is 0.0290. The van der Waals surface area contributed by atoms with Crippen LogP contribution >= 0.6 is 8.02 Å². The van der Waals surface area contributed by atoms with Gasteiger partial charge in [0.1, 0.15) is 13.2 Å². The van der Waals surface area contributed by atoms with E-state index in [9.17, 15) is 0 Å². The molecule has 2 fully saturated rings. The predicted octanol–water partition coefficient (Wildman–Crippen LogP) is 1.46. The van der Waals surface area contributed by atoms with E-state index in [2.05, 4.69) is 37.9 Å². The molecular formula is C8H18N2O2P+. The van der Waals surface area contributed by atoms with Crippen molar-refractivity contribution in [1.82, 2.24) is 10.2 Å². The lowest BCUT2D eigenvalue weighted by Crippen LogP contribution is -2.39. The third kappa shape index (κ3) is 1.88. The quantitative estimate of drug-likeness (QED) is 0.587. The second-order valence-electron chi connectivity index (χ2n) is 5.09. The number of hydrogen-bond acceptors (Lipinski definition) is 4. The highest BCUT2D eigenvalue weighted by Gasteiger charge is 2.62. The second-order valence-corrected chi connectivity index (χ2v) is 7.16. The van der Waals surface area contributed by atoms with Crippen LogP contribution in [0.4, 0.5) is 0 Å². The molecule has 0 aromatic carbocycles. The average Bonchev–Trinajstić information content (AvgIpc) is 2.37. The summed E-state index contributed by atoms with van der Waals surface area (Å²) in [5.74, 6) is 0. The number of nitrogens with one attached hydrogen (secondary N) is 2. The van der Waals surface area contributed by atoms with E-state index in [1.54, 1.807) is 0 Å². The molecule has 76 valence electrons. The molecule has 2 saturated heterocycles. The van der Waals surface area contributed by atoms with Gasteiger partial charge in [0.05, 0.1) is 11.1 Å². The van der Waals surface area contributed by atoms with Crippen molar-refractivity contribution in [2.75, 3.05) is 13.2 Å². The first-order valence-corrected chi connectivity index (χ1v) is 6.22. The summed E-state index contributed by atoms with van der Waals surface area (Å²) in [7, 11) is -1.94. The first-order chi connectivity index (χ1) is 5.83. The van der Waals surface area contributed by atoms with Gasteiger partial charge in [-0.2, -0.15) is 9.05 Å². The van der Waals surface area contributed by atoms with Crippen molar-refractivity contribution < 1.29 is 9.05 Å². The maximum Gasteiger partial charge on any atom is 0.432 e. The van der Waals surface area contributed by atoms with Crippen molar-refractivity contribution in [3.8, 4) is 0 Å². The molecule has 2 N–H and O–H groups in total. The first kappa shape index (κ1) is 9.81. The van der Waals surface area contributed by atoms with Crippen LogP contribution in [0.5, 0.6) is 0 Å². The molecule has 4 nitrogen and oxygen atoms in total. The summed E-state index contributed by atoms with van der Waals surface area (Å²) in [6.07, 6.45) is 0. The zero-order valence-corrected chi connectivity index (χ0v) is 9.57. The Morgan fingerprint density at radius 3 is 1.54 bits per heavy atom. The normalized spacial score (nSPS) is 34.2. The van der Waals surface area contributed by atoms with Crippen molar-refractivity contribution in [2.45, 2.75) is 38.8 Å². The molecule has 0 saturated carbocycles. The Morgan fingerprint density at radius 1 is 0.923 bits per heavy atom. The Hall–Kier alpha value is 0.270. The fourth-order valence-electron chi connectivity index (χ4n) is 1.56. The number of hydrogen-bond donors (Lipinski definition) is 2. The lowest BCUT2D eigenvalue weighted by Gasteiger charge is -2.16. The standard InChI is InChI=1S/C8H18N2O2P/c1-7(2)5-11-13(9-7)10-8(3,4)6-12-13/h9-10H,5-6H2,1-4H3/q+1. The third-order valence-corrected chi connectivity index (χ3v) is 4.90. The molecule has 1 spiro atoms. The van der Waals surface area contributed by atoms with Gasteiger partial charge in [0.2, 0.25) is 0 Å². The van der Waals surface area contributed by atoms with Gasteiger partial charge in [0.25, 0.3) is 0 Å². The van der Waals surface area contributed by atoms with Gasteiger partial charge in [0, 0.05) is 0 Å². The molecule has 0 unspecified atom stereocenters. The van der Waals surface area contributed by atoms with Crippen LogP contribution in [0.1, 0.15) is 27.7 Å². The molecule has 0 aromatic rings. The van der Waals surface area contributed by atoms with Crippen LogP contribution in [0.3, 0.4) is 0 Å². The fourth-order valence-corrected chi connectivity index (χ4v) is 4.68. The van der Waals surface area contributed by atoms with Gasteiger partial charge in [-0.3, -0.25) is 0 Å². The van der Waals surface area contributed by atoms with E-state index < -0.39 is 8.02 Å². The summed E-state index contributed by atoms with van der Waals surface area (Å²) in [5.41, 5.74) is 0.0579. The van der Waals surface area contributed by atoms with Crippen LogP contribution < -0.4 is 10.2 Å². The Morgan fingerprint density at radius 2 is 1.31 bits per heavy atom. The molecule has 0 amide bonds. The molecular weight excluding hydrogens is 187 g/mol. The van der Waals surface area contributed by atoms with Gasteiger partial charge < -0.3 is 0 Å². The van der Waals surface area contributed by atoms with Crippen molar-refractivity contribution in [1.29, 1.82) is 0 Å². The average molecular weight is 205 g/mol. The van der Waals surface area contributed by atoms with Gasteiger partial charge in [-0.05, 0) is 27.7 Å². The molecule has 0 radical (unpaired) electrons. The number of rotatable bonds is 0. The Balaban J connectivity index is 2.10. The SMILES string of the molecule is CC1(C)CO[P+]2(N1)NC(C)(C)CO2. The van der Waals surface area contributed by atoms with Crippen molar-refractivity contribution in [3.63, 3.8) is 0 Å². The van der Waals surface area contributed by atoms with E-state index >= 15 is 0 Å². The largest absolute Gasteiger partial charge is 0.432 e. The van der Waals surface area contributed by atoms with E-state index in [0.29, 0.717) is 13.2 Å². The maximum atomic E-state index is 5.72. The highest BCUT2D eigenvalue weighted by atomic mass is 31.2. The van der Waals surface area contributed by atoms with Crippen LogP contribution in [0.2, 0.25) is 0 Å². The molecule has 13 heavy (non-hydrogen) atoms. The zero-order chi connectivity index (χ0) is 9.74. The third-order valence-electron chi connectivity index (χ3n) is 2.11. The Kier molecular flexibility index (Phi) is 2.00. The summed E-state index contributed by atoms with van der Waals surface area (Å²) in [6, 6.07) is 0. The fraction of sp³-hybridized carbons (Fsp3) is 1.00.